The van der Waals surface area contributed by atoms with E-state index in [-0.39, 0.29) is 17.9 Å². The second kappa shape index (κ2) is 8.52. The van der Waals surface area contributed by atoms with E-state index in [1.165, 1.54) is 18.2 Å². The molecule has 0 radical (unpaired) electrons. The molecule has 0 amide bonds. The summed E-state index contributed by atoms with van der Waals surface area (Å²) in [7, 11) is 1.43. The van der Waals surface area contributed by atoms with E-state index in [2.05, 4.69) is 60.4 Å². The molecule has 0 saturated heterocycles. The van der Waals surface area contributed by atoms with Crippen LogP contribution in [0.4, 0.5) is 0 Å². The van der Waals surface area contributed by atoms with Gasteiger partial charge in [-0.1, -0.05) is 72.8 Å². The zero-order valence-electron chi connectivity index (χ0n) is 15.3. The first-order chi connectivity index (χ1) is 12.7. The first-order valence-electron chi connectivity index (χ1n) is 8.99. The molecule has 1 heterocycles. The van der Waals surface area contributed by atoms with Gasteiger partial charge in [-0.3, -0.25) is 0 Å². The first kappa shape index (κ1) is 18.0. The highest BCUT2D eigenvalue weighted by Crippen LogP contribution is 2.29. The van der Waals surface area contributed by atoms with Crippen molar-refractivity contribution in [2.24, 2.45) is 0 Å². The fourth-order valence-corrected chi connectivity index (χ4v) is 3.40. The van der Waals surface area contributed by atoms with Gasteiger partial charge in [0.15, 0.2) is 0 Å². The van der Waals surface area contributed by atoms with Crippen LogP contribution in [0, 0.1) is 0 Å². The molecule has 2 aromatic rings. The summed E-state index contributed by atoms with van der Waals surface area (Å²) in [5, 5.41) is 0. The molecular formula is C23H25NO2. The van der Waals surface area contributed by atoms with Crippen molar-refractivity contribution in [2.75, 3.05) is 7.11 Å². The van der Waals surface area contributed by atoms with E-state index in [1.807, 2.05) is 30.5 Å². The van der Waals surface area contributed by atoms with Crippen molar-refractivity contribution in [3.05, 3.63) is 95.7 Å². The second-order valence-electron chi connectivity index (χ2n) is 6.61. The number of carbonyl (C=O) groups excluding carboxylic acids is 1. The topological polar surface area (TPSA) is 29.5 Å². The summed E-state index contributed by atoms with van der Waals surface area (Å²) < 4.78 is 4.96. The number of ether oxygens (including phenoxy) is 1. The third kappa shape index (κ3) is 4.23. The predicted octanol–water partition coefficient (Wildman–Crippen LogP) is 4.68. The van der Waals surface area contributed by atoms with Gasteiger partial charge < -0.3 is 9.64 Å². The van der Waals surface area contributed by atoms with Crippen LogP contribution in [0.25, 0.3) is 0 Å². The van der Waals surface area contributed by atoms with Crippen LogP contribution in [-0.4, -0.2) is 24.0 Å². The highest BCUT2D eigenvalue weighted by molar-refractivity contribution is 5.88. The second-order valence-corrected chi connectivity index (χ2v) is 6.61. The number of methoxy groups -OCH3 is 1. The lowest BCUT2D eigenvalue weighted by atomic mass is 9.89. The summed E-state index contributed by atoms with van der Waals surface area (Å²) in [4.78, 5) is 14.4. The Balaban J connectivity index is 1.95. The number of hydrogen-bond acceptors (Lipinski definition) is 3. The lowest BCUT2D eigenvalue weighted by Crippen LogP contribution is -2.34. The van der Waals surface area contributed by atoms with Crippen molar-refractivity contribution in [2.45, 2.75) is 31.8 Å². The highest BCUT2D eigenvalue weighted by Gasteiger charge is 2.24. The van der Waals surface area contributed by atoms with Gasteiger partial charge in [0.05, 0.1) is 12.7 Å². The molecule has 0 saturated carbocycles. The van der Waals surface area contributed by atoms with Crippen LogP contribution in [-0.2, 0) is 16.1 Å². The number of allylic oxidation sites excluding steroid dienone is 1. The number of hydrogen-bond donors (Lipinski definition) is 0. The van der Waals surface area contributed by atoms with Crippen molar-refractivity contribution < 1.29 is 9.53 Å². The third-order valence-corrected chi connectivity index (χ3v) is 4.89. The summed E-state index contributed by atoms with van der Waals surface area (Å²) in [6.07, 6.45) is 6.85. The van der Waals surface area contributed by atoms with Gasteiger partial charge in [0.25, 0.3) is 0 Å². The standard InChI is InChI=1S/C23H25NO2/c1-18-22(20-12-7-4-8-13-20)15-9-14-21(23(25)26-2)17-24(18)16-19-10-5-3-6-11-19/h3-13,15,17-18,22H,14,16H2,1-2H3/b15-9-,21-17+/t18-,22+/m0/s1. The Morgan fingerprint density at radius 3 is 2.38 bits per heavy atom. The minimum absolute atomic E-state index is 0.203. The van der Waals surface area contributed by atoms with Crippen LogP contribution < -0.4 is 0 Å². The normalized spacial score (nSPS) is 23.3. The minimum Gasteiger partial charge on any atom is -0.466 e. The van der Waals surface area contributed by atoms with Crippen molar-refractivity contribution in [3.63, 3.8) is 0 Å². The fourth-order valence-electron chi connectivity index (χ4n) is 3.40. The summed E-state index contributed by atoms with van der Waals surface area (Å²) in [5.74, 6) is -0.00608. The molecule has 2 aromatic carbocycles. The molecule has 2 atom stereocenters. The molecule has 0 N–H and O–H groups in total. The first-order valence-corrected chi connectivity index (χ1v) is 8.99. The molecular weight excluding hydrogens is 322 g/mol. The van der Waals surface area contributed by atoms with Gasteiger partial charge in [-0.05, 0) is 24.5 Å². The summed E-state index contributed by atoms with van der Waals surface area (Å²) in [6, 6.07) is 21.1. The number of rotatable bonds is 4. The maximum Gasteiger partial charge on any atom is 0.335 e. The van der Waals surface area contributed by atoms with E-state index >= 15 is 0 Å². The predicted molar refractivity (Wildman–Crippen MR) is 104 cm³/mol. The van der Waals surface area contributed by atoms with E-state index in [0.29, 0.717) is 12.0 Å². The summed E-state index contributed by atoms with van der Waals surface area (Å²) in [6.45, 7) is 2.96. The molecule has 26 heavy (non-hydrogen) atoms. The van der Waals surface area contributed by atoms with E-state index < -0.39 is 0 Å². The molecule has 0 aromatic heterocycles. The number of nitrogens with zero attached hydrogens (tertiary/aromatic N) is 1. The van der Waals surface area contributed by atoms with Gasteiger partial charge in [0.1, 0.15) is 0 Å². The van der Waals surface area contributed by atoms with Crippen molar-refractivity contribution in [3.8, 4) is 0 Å². The van der Waals surface area contributed by atoms with Crippen LogP contribution in [0.5, 0.6) is 0 Å². The average Bonchev–Trinajstić information content (AvgIpc) is 2.68. The Morgan fingerprint density at radius 2 is 1.73 bits per heavy atom. The zero-order chi connectivity index (χ0) is 18.4. The zero-order valence-corrected chi connectivity index (χ0v) is 15.3. The number of esters is 1. The minimum atomic E-state index is -0.266. The largest absolute Gasteiger partial charge is 0.466 e. The van der Waals surface area contributed by atoms with Crippen molar-refractivity contribution >= 4 is 5.97 Å². The van der Waals surface area contributed by atoms with Crippen LogP contribution >= 0.6 is 0 Å². The van der Waals surface area contributed by atoms with Gasteiger partial charge in [-0.2, -0.15) is 0 Å². The SMILES string of the molecule is COC(=O)/C1=C/N(Cc2ccccc2)[C@@H](C)[C@H](c2ccccc2)/C=C\C1. The van der Waals surface area contributed by atoms with E-state index in [9.17, 15) is 4.79 Å². The van der Waals surface area contributed by atoms with Crippen LogP contribution in [0.3, 0.4) is 0 Å². The van der Waals surface area contributed by atoms with Gasteiger partial charge in [0, 0.05) is 24.7 Å². The monoisotopic (exact) mass is 347 g/mol. The van der Waals surface area contributed by atoms with E-state index in [4.69, 9.17) is 4.74 Å². The quantitative estimate of drug-likeness (QED) is 0.594. The number of benzene rings is 2. The van der Waals surface area contributed by atoms with Gasteiger partial charge in [-0.25, -0.2) is 4.79 Å². The van der Waals surface area contributed by atoms with Crippen LogP contribution in [0.1, 0.15) is 30.4 Å². The molecule has 3 nitrogen and oxygen atoms in total. The number of carbonyl (C=O) groups is 1. The molecule has 3 rings (SSSR count). The Hall–Kier alpha value is -2.81. The Morgan fingerprint density at radius 1 is 1.08 bits per heavy atom. The maximum absolute atomic E-state index is 12.1. The molecule has 0 spiro atoms. The van der Waals surface area contributed by atoms with E-state index in [1.54, 1.807) is 0 Å². The molecule has 0 unspecified atom stereocenters. The summed E-state index contributed by atoms with van der Waals surface area (Å²) >= 11 is 0. The molecule has 3 heteroatoms. The molecule has 0 bridgehead atoms. The highest BCUT2D eigenvalue weighted by atomic mass is 16.5. The van der Waals surface area contributed by atoms with Crippen LogP contribution in [0.2, 0.25) is 0 Å². The van der Waals surface area contributed by atoms with Gasteiger partial charge in [-0.15, -0.1) is 0 Å². The molecule has 0 aliphatic carbocycles. The Kier molecular flexibility index (Phi) is 5.90. The lowest BCUT2D eigenvalue weighted by Gasteiger charge is -2.35. The molecule has 1 aliphatic rings. The van der Waals surface area contributed by atoms with Crippen molar-refractivity contribution in [1.29, 1.82) is 0 Å². The fraction of sp³-hybridized carbons (Fsp3) is 0.261. The molecule has 0 fully saturated rings. The van der Waals surface area contributed by atoms with Crippen molar-refractivity contribution in [1.82, 2.24) is 4.90 Å². The smallest absolute Gasteiger partial charge is 0.335 e. The summed E-state index contributed by atoms with van der Waals surface area (Å²) in [5.41, 5.74) is 3.18. The van der Waals surface area contributed by atoms with Gasteiger partial charge >= 0.3 is 5.97 Å². The lowest BCUT2D eigenvalue weighted by molar-refractivity contribution is -0.136. The molecule has 134 valence electrons. The van der Waals surface area contributed by atoms with E-state index in [0.717, 1.165) is 6.54 Å². The third-order valence-electron chi connectivity index (χ3n) is 4.89. The van der Waals surface area contributed by atoms with Crippen LogP contribution in [0.15, 0.2) is 84.6 Å². The molecule has 1 aliphatic heterocycles. The maximum atomic E-state index is 12.1. The van der Waals surface area contributed by atoms with Gasteiger partial charge in [0.2, 0.25) is 0 Å². The average molecular weight is 347 g/mol. The Labute approximate surface area is 155 Å². The Bertz CT molecular complexity index is 780.